The summed E-state index contributed by atoms with van der Waals surface area (Å²) in [4.78, 5) is 25.0. The van der Waals surface area contributed by atoms with Crippen molar-refractivity contribution >= 4 is 30.7 Å². The molecule has 3 aromatic rings. The number of ether oxygens (including phenoxy) is 2. The summed E-state index contributed by atoms with van der Waals surface area (Å²) in [5.41, 5.74) is -2.19. The van der Waals surface area contributed by atoms with Crippen LogP contribution in [0.5, 0.6) is 5.75 Å². The number of aryl methyl sites for hydroxylation is 1. The lowest BCUT2D eigenvalue weighted by Crippen LogP contribution is -2.42. The summed E-state index contributed by atoms with van der Waals surface area (Å²) in [7, 11) is -2.65. The molecule has 0 amide bonds. The lowest BCUT2D eigenvalue weighted by atomic mass is 9.97. The molecule has 15 heteroatoms. The molecule has 1 aliphatic rings. The van der Waals surface area contributed by atoms with E-state index >= 15 is 4.39 Å². The van der Waals surface area contributed by atoms with Gasteiger partial charge in [-0.2, -0.15) is 5.09 Å². The molecule has 4 rings (SSSR count). The Labute approximate surface area is 230 Å². The molecule has 0 aliphatic carbocycles. The molecule has 1 aromatic carbocycles. The summed E-state index contributed by atoms with van der Waals surface area (Å²) in [6.45, 7) is 4.17. The van der Waals surface area contributed by atoms with Crippen LogP contribution >= 0.6 is 7.75 Å². The monoisotopic (exact) mass is 576 g/mol. The number of anilines is 1. The number of rotatable bonds is 11. The maximum Gasteiger partial charge on any atom is 0.459 e. The number of alkyl halides is 1. The van der Waals surface area contributed by atoms with Crippen molar-refractivity contribution in [2.24, 2.45) is 0 Å². The van der Waals surface area contributed by atoms with Gasteiger partial charge >= 0.3 is 13.7 Å². The Bertz CT molecular complexity index is 1450. The normalized spacial score (nSPS) is 24.7. The number of aliphatic hydroxyl groups excluding tert-OH is 1. The predicted octanol–water partition coefficient (Wildman–Crippen LogP) is 2.52. The average Bonchev–Trinajstić information content (AvgIpc) is 3.46. The van der Waals surface area contributed by atoms with E-state index < -0.39 is 50.5 Å². The Morgan fingerprint density at radius 3 is 2.75 bits per heavy atom. The van der Waals surface area contributed by atoms with Crippen molar-refractivity contribution in [2.45, 2.75) is 50.9 Å². The quantitative estimate of drug-likeness (QED) is 0.174. The number of hydrogen-bond donors (Lipinski definition) is 3. The second-order valence-corrected chi connectivity index (χ2v) is 10.6. The maximum absolute atomic E-state index is 16.1. The molecule has 3 heterocycles. The number of carbonyl (C=O) groups is 1. The molecule has 1 aliphatic heterocycles. The average molecular weight is 577 g/mol. The topological polar surface area (TPSA) is 159 Å². The first kappa shape index (κ1) is 29.4. The van der Waals surface area contributed by atoms with Crippen molar-refractivity contribution in [3.05, 3.63) is 42.5 Å². The van der Waals surface area contributed by atoms with Gasteiger partial charge in [-0.25, -0.2) is 23.9 Å². The van der Waals surface area contributed by atoms with Gasteiger partial charge in [0.2, 0.25) is 5.67 Å². The highest BCUT2D eigenvalue weighted by Gasteiger charge is 2.58. The number of halogens is 1. The highest BCUT2D eigenvalue weighted by atomic mass is 31.2. The molecule has 0 saturated carbocycles. The molecule has 2 aromatic heterocycles. The fourth-order valence-corrected chi connectivity index (χ4v) is 5.62. The van der Waals surface area contributed by atoms with Gasteiger partial charge < -0.3 is 24.4 Å². The summed E-state index contributed by atoms with van der Waals surface area (Å²) < 4.78 is 53.0. The van der Waals surface area contributed by atoms with Crippen molar-refractivity contribution in [3.8, 4) is 18.1 Å². The summed E-state index contributed by atoms with van der Waals surface area (Å²) in [5, 5.41) is 16.3. The Kier molecular flexibility index (Phi) is 8.72. The van der Waals surface area contributed by atoms with E-state index in [2.05, 4.69) is 25.4 Å². The fraction of sp³-hybridized carbons (Fsp3) is 0.440. The molecule has 0 spiro atoms. The van der Waals surface area contributed by atoms with E-state index in [1.807, 2.05) is 5.92 Å². The van der Waals surface area contributed by atoms with Crippen molar-refractivity contribution in [2.75, 3.05) is 25.6 Å². The van der Waals surface area contributed by atoms with Gasteiger partial charge in [-0.3, -0.25) is 13.9 Å². The smallest absolute Gasteiger partial charge is 0.459 e. The summed E-state index contributed by atoms with van der Waals surface area (Å²) >= 11 is 0. The number of para-hydroxylation sites is 1. The second-order valence-electron chi connectivity index (χ2n) is 8.88. The van der Waals surface area contributed by atoms with Gasteiger partial charge in [0.25, 0.3) is 0 Å². The zero-order valence-corrected chi connectivity index (χ0v) is 23.2. The van der Waals surface area contributed by atoms with Crippen LogP contribution in [0.15, 0.2) is 36.7 Å². The number of aromatic nitrogens is 4. The van der Waals surface area contributed by atoms with Crippen molar-refractivity contribution in [1.82, 2.24) is 24.6 Å². The van der Waals surface area contributed by atoms with E-state index in [9.17, 15) is 14.5 Å². The Balaban J connectivity index is 1.60. The van der Waals surface area contributed by atoms with Gasteiger partial charge in [0.05, 0.1) is 19.5 Å². The Morgan fingerprint density at radius 2 is 2.10 bits per heavy atom. The first-order chi connectivity index (χ1) is 19.0. The SMILES string of the molecule is C#C[C@@]1(F)[C@H](O)[C@@H](CO[P@](=O)(N[C@H](C)C(=O)OCC)Oc2ccccc2)O[C@H]1n1cnc2c(NC)nc(C)nc21. The number of nitrogens with zero attached hydrogens (tertiary/aromatic N) is 4. The number of aliphatic hydroxyl groups is 1. The zero-order valence-electron chi connectivity index (χ0n) is 22.3. The molecule has 13 nitrogen and oxygen atoms in total. The van der Waals surface area contributed by atoms with Crippen LogP contribution in [0.25, 0.3) is 11.2 Å². The number of carbonyl (C=O) groups excluding carboxylic acids is 1. The van der Waals surface area contributed by atoms with E-state index in [1.54, 1.807) is 39.1 Å². The van der Waals surface area contributed by atoms with E-state index in [0.717, 1.165) is 0 Å². The molecular weight excluding hydrogens is 546 g/mol. The highest BCUT2D eigenvalue weighted by molar-refractivity contribution is 7.52. The molecule has 0 unspecified atom stereocenters. The van der Waals surface area contributed by atoms with Crippen LogP contribution in [0.3, 0.4) is 0 Å². The summed E-state index contributed by atoms with van der Waals surface area (Å²) in [5.74, 6) is 2.24. The number of benzene rings is 1. The van der Waals surface area contributed by atoms with Gasteiger partial charge in [-0.15, -0.1) is 6.42 Å². The zero-order chi connectivity index (χ0) is 29.1. The molecule has 40 heavy (non-hydrogen) atoms. The van der Waals surface area contributed by atoms with Crippen molar-refractivity contribution in [1.29, 1.82) is 0 Å². The minimum atomic E-state index is -4.30. The van der Waals surface area contributed by atoms with E-state index in [0.29, 0.717) is 17.2 Å². The number of nitrogens with one attached hydrogen (secondary N) is 2. The van der Waals surface area contributed by atoms with Gasteiger partial charge in [0.1, 0.15) is 29.8 Å². The van der Waals surface area contributed by atoms with Crippen LogP contribution in [0.4, 0.5) is 10.2 Å². The third-order valence-corrected chi connectivity index (χ3v) is 7.70. The molecule has 0 radical (unpaired) electrons. The van der Waals surface area contributed by atoms with E-state index in [-0.39, 0.29) is 18.0 Å². The van der Waals surface area contributed by atoms with Crippen LogP contribution in [0.1, 0.15) is 25.9 Å². The Morgan fingerprint density at radius 1 is 1.38 bits per heavy atom. The van der Waals surface area contributed by atoms with Crippen LogP contribution in [-0.4, -0.2) is 74.8 Å². The van der Waals surface area contributed by atoms with Crippen LogP contribution in [0, 0.1) is 19.3 Å². The van der Waals surface area contributed by atoms with Gasteiger partial charge in [0, 0.05) is 7.05 Å². The number of terminal acetylenes is 1. The highest BCUT2D eigenvalue weighted by Crippen LogP contribution is 2.48. The van der Waals surface area contributed by atoms with E-state index in [1.165, 1.54) is 30.0 Å². The standard InChI is InChI=1S/C25H30FN6O7P/c1-6-25(26)20(33)18(38-24(25)32-14-28-19-21(27-5)29-16(4)30-22(19)32)13-37-40(35,31-15(3)23(34)36-7-2)39-17-11-9-8-10-12-17/h1,8-12,14-15,18,20,24,33H,7,13H2,2-5H3,(H,31,35)(H,27,29,30)/t15-,18-,20-,24-,25-,40-/m1/s1. The predicted molar refractivity (Wildman–Crippen MR) is 142 cm³/mol. The molecule has 6 atom stereocenters. The number of esters is 1. The first-order valence-electron chi connectivity index (χ1n) is 12.4. The maximum atomic E-state index is 16.1. The Hall–Kier alpha value is -3.60. The summed E-state index contributed by atoms with van der Waals surface area (Å²) in [6, 6.07) is 6.98. The molecule has 1 fully saturated rings. The fourth-order valence-electron chi connectivity index (χ4n) is 4.12. The molecule has 214 valence electrons. The van der Waals surface area contributed by atoms with Gasteiger partial charge in [-0.1, -0.05) is 24.1 Å². The van der Waals surface area contributed by atoms with Crippen LogP contribution < -0.4 is 14.9 Å². The number of fused-ring (bicyclic) bond motifs is 1. The number of hydrogen-bond acceptors (Lipinski definition) is 11. The lowest BCUT2D eigenvalue weighted by Gasteiger charge is -2.25. The lowest BCUT2D eigenvalue weighted by molar-refractivity contribution is -0.144. The third kappa shape index (κ3) is 5.79. The first-order valence-corrected chi connectivity index (χ1v) is 13.9. The number of imidazole rings is 1. The van der Waals surface area contributed by atoms with E-state index in [4.69, 9.17) is 24.9 Å². The minimum absolute atomic E-state index is 0.104. The molecule has 0 bridgehead atoms. The van der Waals surface area contributed by atoms with Crippen LogP contribution in [0.2, 0.25) is 0 Å². The molecular formula is C25H30FN6O7P. The van der Waals surface area contributed by atoms with Crippen LogP contribution in [-0.2, 0) is 23.4 Å². The molecule has 1 saturated heterocycles. The largest absolute Gasteiger partial charge is 0.465 e. The van der Waals surface area contributed by atoms with Crippen molar-refractivity contribution < 1.29 is 37.4 Å². The third-order valence-electron chi connectivity index (χ3n) is 6.06. The molecule has 3 N–H and O–H groups in total. The van der Waals surface area contributed by atoms with Crippen molar-refractivity contribution in [3.63, 3.8) is 0 Å². The minimum Gasteiger partial charge on any atom is -0.465 e. The second kappa shape index (κ2) is 11.9. The summed E-state index contributed by atoms with van der Waals surface area (Å²) in [6.07, 6.45) is 1.94. The van der Waals surface area contributed by atoms with Gasteiger partial charge in [-0.05, 0) is 32.9 Å². The van der Waals surface area contributed by atoms with Gasteiger partial charge in [0.15, 0.2) is 23.2 Å².